The van der Waals surface area contributed by atoms with Crippen LogP contribution in [-0.4, -0.2) is 23.1 Å². The van der Waals surface area contributed by atoms with Gasteiger partial charge in [0.05, 0.1) is 24.5 Å². The van der Waals surface area contributed by atoms with Crippen molar-refractivity contribution < 1.29 is 4.79 Å². The molecule has 0 bridgehead atoms. The Morgan fingerprint density at radius 3 is 2.77 bits per heavy atom. The molecule has 0 radical (unpaired) electrons. The van der Waals surface area contributed by atoms with Crippen LogP contribution in [0.3, 0.4) is 0 Å². The number of fused-ring (bicyclic) bond motifs is 1. The van der Waals surface area contributed by atoms with E-state index in [4.69, 9.17) is 11.6 Å². The maximum atomic E-state index is 13.3. The van der Waals surface area contributed by atoms with Crippen molar-refractivity contribution in [1.82, 2.24) is 4.98 Å². The first-order valence-corrected chi connectivity index (χ1v) is 8.52. The van der Waals surface area contributed by atoms with Crippen molar-refractivity contribution in [1.29, 1.82) is 5.26 Å². The first kappa shape index (κ1) is 16.4. The van der Waals surface area contributed by atoms with E-state index in [2.05, 4.69) is 11.1 Å². The van der Waals surface area contributed by atoms with Gasteiger partial charge >= 0.3 is 6.03 Å². The minimum Gasteiger partial charge on any atom is -0.290 e. The third-order valence-electron chi connectivity index (χ3n) is 4.63. The fraction of sp³-hybridized carbons (Fsp3) is 0.150. The van der Waals surface area contributed by atoms with Crippen LogP contribution in [0.15, 0.2) is 60.9 Å². The predicted octanol–water partition coefficient (Wildman–Crippen LogP) is 4.62. The standard InChI is InChI=1S/C20H15ClN4O/c1-20(12-22)13-24(16-7-4-6-15(21)9-16)19(26)25(20)18-11-23-10-14-5-2-3-8-17(14)18/h2-11H,13H2,1H3/t20-/m0/s1. The highest BCUT2D eigenvalue weighted by atomic mass is 35.5. The second-order valence-corrected chi connectivity index (χ2v) is 6.89. The summed E-state index contributed by atoms with van der Waals surface area (Å²) >= 11 is 6.08. The van der Waals surface area contributed by atoms with E-state index in [1.54, 1.807) is 42.4 Å². The molecule has 26 heavy (non-hydrogen) atoms. The van der Waals surface area contributed by atoms with Gasteiger partial charge in [-0.15, -0.1) is 0 Å². The smallest absolute Gasteiger partial charge is 0.290 e. The number of carbonyl (C=O) groups excluding carboxylic acids is 1. The molecule has 1 atom stereocenters. The molecule has 1 aromatic heterocycles. The minimum atomic E-state index is -1.02. The number of benzene rings is 2. The van der Waals surface area contributed by atoms with Crippen LogP contribution in [0.25, 0.3) is 10.8 Å². The van der Waals surface area contributed by atoms with Gasteiger partial charge in [0.25, 0.3) is 0 Å². The van der Waals surface area contributed by atoms with E-state index in [1.807, 2.05) is 30.3 Å². The van der Waals surface area contributed by atoms with Crippen LogP contribution in [0.1, 0.15) is 6.92 Å². The summed E-state index contributed by atoms with van der Waals surface area (Å²) in [7, 11) is 0. The van der Waals surface area contributed by atoms with Crippen molar-refractivity contribution >= 4 is 39.8 Å². The second-order valence-electron chi connectivity index (χ2n) is 6.45. The first-order valence-electron chi connectivity index (χ1n) is 8.15. The number of pyridine rings is 1. The molecule has 0 aliphatic carbocycles. The second kappa shape index (κ2) is 6.01. The number of nitrogens with zero attached hydrogens (tertiary/aromatic N) is 4. The minimum absolute atomic E-state index is 0.242. The summed E-state index contributed by atoms with van der Waals surface area (Å²) < 4.78 is 0. The summed E-state index contributed by atoms with van der Waals surface area (Å²) in [6, 6.07) is 16.8. The normalized spacial score (nSPS) is 19.8. The number of nitriles is 1. The van der Waals surface area contributed by atoms with Gasteiger partial charge in [-0.25, -0.2) is 4.79 Å². The van der Waals surface area contributed by atoms with E-state index < -0.39 is 5.54 Å². The van der Waals surface area contributed by atoms with E-state index in [-0.39, 0.29) is 12.6 Å². The number of rotatable bonds is 2. The Hall–Kier alpha value is -3.10. The van der Waals surface area contributed by atoms with Crippen LogP contribution in [0.2, 0.25) is 5.02 Å². The van der Waals surface area contributed by atoms with Gasteiger partial charge in [-0.3, -0.25) is 14.8 Å². The SMILES string of the molecule is C[C@]1(C#N)CN(c2cccc(Cl)c2)C(=O)N1c1cncc2ccccc12. The summed E-state index contributed by atoms with van der Waals surface area (Å²) in [5.41, 5.74) is 0.270. The van der Waals surface area contributed by atoms with Gasteiger partial charge in [-0.05, 0) is 25.1 Å². The number of amides is 2. The van der Waals surface area contributed by atoms with Crippen molar-refractivity contribution in [2.75, 3.05) is 16.3 Å². The Morgan fingerprint density at radius 2 is 2.00 bits per heavy atom. The molecule has 5 nitrogen and oxygen atoms in total. The Bertz CT molecular complexity index is 1060. The molecule has 1 fully saturated rings. The molecular weight excluding hydrogens is 348 g/mol. The molecule has 0 saturated carbocycles. The van der Waals surface area contributed by atoms with Crippen LogP contribution in [0.5, 0.6) is 0 Å². The lowest BCUT2D eigenvalue weighted by Gasteiger charge is -2.27. The van der Waals surface area contributed by atoms with E-state index >= 15 is 0 Å². The lowest BCUT2D eigenvalue weighted by molar-refractivity contribution is 0.255. The van der Waals surface area contributed by atoms with E-state index in [0.29, 0.717) is 16.4 Å². The van der Waals surface area contributed by atoms with Crippen LogP contribution in [-0.2, 0) is 0 Å². The Morgan fingerprint density at radius 1 is 1.19 bits per heavy atom. The third-order valence-corrected chi connectivity index (χ3v) is 4.87. The zero-order valence-corrected chi connectivity index (χ0v) is 14.8. The van der Waals surface area contributed by atoms with Crippen LogP contribution in [0, 0.1) is 11.3 Å². The molecular formula is C20H15ClN4O. The van der Waals surface area contributed by atoms with Crippen LogP contribution >= 0.6 is 11.6 Å². The fourth-order valence-corrected chi connectivity index (χ4v) is 3.54. The van der Waals surface area contributed by atoms with Gasteiger partial charge in [-0.2, -0.15) is 5.26 Å². The molecule has 3 aromatic rings. The zero-order valence-electron chi connectivity index (χ0n) is 14.1. The summed E-state index contributed by atoms with van der Waals surface area (Å²) in [4.78, 5) is 20.6. The van der Waals surface area contributed by atoms with Gasteiger partial charge in [0.2, 0.25) is 0 Å². The summed E-state index contributed by atoms with van der Waals surface area (Å²) in [6.07, 6.45) is 3.38. The van der Waals surface area contributed by atoms with Crippen LogP contribution < -0.4 is 9.80 Å². The highest BCUT2D eigenvalue weighted by molar-refractivity contribution is 6.31. The van der Waals surface area contributed by atoms with Crippen molar-refractivity contribution in [3.63, 3.8) is 0 Å². The van der Waals surface area contributed by atoms with E-state index in [0.717, 1.165) is 10.8 Å². The molecule has 4 rings (SSSR count). The number of aromatic nitrogens is 1. The average Bonchev–Trinajstić information content (AvgIpc) is 2.93. The molecule has 2 heterocycles. The molecule has 128 valence electrons. The average molecular weight is 363 g/mol. The molecule has 6 heteroatoms. The number of anilines is 2. The van der Waals surface area contributed by atoms with E-state index in [9.17, 15) is 10.1 Å². The van der Waals surface area contributed by atoms with Crippen molar-refractivity contribution in [2.45, 2.75) is 12.5 Å². The Kier molecular flexibility index (Phi) is 3.78. The first-order chi connectivity index (χ1) is 12.5. The van der Waals surface area contributed by atoms with Crippen molar-refractivity contribution in [3.05, 3.63) is 65.9 Å². The number of carbonyl (C=O) groups is 1. The maximum absolute atomic E-state index is 13.3. The molecule has 2 aromatic carbocycles. The lowest BCUT2D eigenvalue weighted by atomic mass is 10.0. The fourth-order valence-electron chi connectivity index (χ4n) is 3.36. The van der Waals surface area contributed by atoms with Gasteiger partial charge in [0.15, 0.2) is 5.54 Å². The number of halogens is 1. The molecule has 0 unspecified atom stereocenters. The summed E-state index contributed by atoms with van der Waals surface area (Å²) in [5.74, 6) is 0. The highest BCUT2D eigenvalue weighted by Crippen LogP contribution is 2.38. The molecule has 1 saturated heterocycles. The largest absolute Gasteiger partial charge is 0.330 e. The zero-order chi connectivity index (χ0) is 18.3. The van der Waals surface area contributed by atoms with Crippen molar-refractivity contribution in [2.24, 2.45) is 0 Å². The van der Waals surface area contributed by atoms with Gasteiger partial charge in [0, 0.05) is 27.7 Å². The summed E-state index contributed by atoms with van der Waals surface area (Å²) in [6.45, 7) is 2.00. The maximum Gasteiger partial charge on any atom is 0.330 e. The van der Waals surface area contributed by atoms with Gasteiger partial charge in [-0.1, -0.05) is 41.9 Å². The van der Waals surface area contributed by atoms with Crippen molar-refractivity contribution in [3.8, 4) is 6.07 Å². The van der Waals surface area contributed by atoms with Gasteiger partial charge < -0.3 is 0 Å². The number of hydrogen-bond acceptors (Lipinski definition) is 3. The lowest BCUT2D eigenvalue weighted by Crippen LogP contribution is -2.43. The highest BCUT2D eigenvalue weighted by Gasteiger charge is 2.49. The predicted molar refractivity (Wildman–Crippen MR) is 102 cm³/mol. The quantitative estimate of drug-likeness (QED) is 0.668. The molecule has 1 aliphatic heterocycles. The topological polar surface area (TPSA) is 60.2 Å². The Balaban J connectivity index is 1.87. The molecule has 0 N–H and O–H groups in total. The van der Waals surface area contributed by atoms with E-state index in [1.165, 1.54) is 4.90 Å². The number of urea groups is 1. The Labute approximate surface area is 156 Å². The molecule has 2 amide bonds. The monoisotopic (exact) mass is 362 g/mol. The molecule has 0 spiro atoms. The van der Waals surface area contributed by atoms with Gasteiger partial charge in [0.1, 0.15) is 0 Å². The van der Waals surface area contributed by atoms with Crippen LogP contribution in [0.4, 0.5) is 16.2 Å². The number of hydrogen-bond donors (Lipinski definition) is 0. The third kappa shape index (κ3) is 2.47. The molecule has 1 aliphatic rings. The summed E-state index contributed by atoms with van der Waals surface area (Å²) in [5, 5.41) is 12.2.